The summed E-state index contributed by atoms with van der Waals surface area (Å²) >= 11 is 0. The molecule has 16 heavy (non-hydrogen) atoms. The van der Waals surface area contributed by atoms with E-state index in [1.807, 2.05) is 30.3 Å². The van der Waals surface area contributed by atoms with Crippen molar-refractivity contribution in [3.8, 4) is 5.69 Å². The molecule has 5 heteroatoms. The summed E-state index contributed by atoms with van der Waals surface area (Å²) in [5, 5.41) is 4.65. The van der Waals surface area contributed by atoms with Gasteiger partial charge in [0.1, 0.15) is 5.39 Å². The number of H-pyrrole nitrogens is 1. The summed E-state index contributed by atoms with van der Waals surface area (Å²) in [6, 6.07) is 9.58. The van der Waals surface area contributed by atoms with E-state index in [1.165, 1.54) is 12.5 Å². The number of hydrogen-bond acceptors (Lipinski definition) is 3. The summed E-state index contributed by atoms with van der Waals surface area (Å²) < 4.78 is 1.64. The molecule has 2 heterocycles. The second-order valence-corrected chi connectivity index (χ2v) is 3.36. The van der Waals surface area contributed by atoms with Gasteiger partial charge in [0.15, 0.2) is 5.65 Å². The van der Waals surface area contributed by atoms with E-state index in [4.69, 9.17) is 0 Å². The molecule has 1 N–H and O–H groups in total. The van der Waals surface area contributed by atoms with Crippen LogP contribution in [0.5, 0.6) is 0 Å². The second-order valence-electron chi connectivity index (χ2n) is 3.36. The Kier molecular flexibility index (Phi) is 1.83. The largest absolute Gasteiger partial charge is 0.312 e. The summed E-state index contributed by atoms with van der Waals surface area (Å²) in [5.74, 6) is 0. The van der Waals surface area contributed by atoms with Crippen LogP contribution in [0.4, 0.5) is 0 Å². The fraction of sp³-hybridized carbons (Fsp3) is 0. The number of nitrogens with one attached hydrogen (secondary N) is 1. The van der Waals surface area contributed by atoms with Crippen LogP contribution in [0, 0.1) is 0 Å². The van der Waals surface area contributed by atoms with Gasteiger partial charge in [0.2, 0.25) is 0 Å². The highest BCUT2D eigenvalue weighted by atomic mass is 16.1. The van der Waals surface area contributed by atoms with Gasteiger partial charge in [-0.3, -0.25) is 4.79 Å². The zero-order valence-corrected chi connectivity index (χ0v) is 8.29. The molecule has 0 aliphatic heterocycles. The highest BCUT2D eigenvalue weighted by Crippen LogP contribution is 2.11. The first-order valence-electron chi connectivity index (χ1n) is 4.83. The summed E-state index contributed by atoms with van der Waals surface area (Å²) in [7, 11) is 0. The van der Waals surface area contributed by atoms with Gasteiger partial charge >= 0.3 is 0 Å². The predicted molar refractivity (Wildman–Crippen MR) is 59.5 cm³/mol. The van der Waals surface area contributed by atoms with E-state index in [-0.39, 0.29) is 5.56 Å². The van der Waals surface area contributed by atoms with Crippen LogP contribution in [-0.4, -0.2) is 19.7 Å². The molecule has 0 saturated carbocycles. The summed E-state index contributed by atoms with van der Waals surface area (Å²) in [5.41, 5.74) is 1.28. The first-order valence-corrected chi connectivity index (χ1v) is 4.83. The Morgan fingerprint density at radius 1 is 1.19 bits per heavy atom. The van der Waals surface area contributed by atoms with Crippen LogP contribution in [0.2, 0.25) is 0 Å². The molecular weight excluding hydrogens is 204 g/mol. The van der Waals surface area contributed by atoms with E-state index in [1.54, 1.807) is 4.68 Å². The molecule has 0 fully saturated rings. The third-order valence-corrected chi connectivity index (χ3v) is 2.37. The van der Waals surface area contributed by atoms with Crippen LogP contribution >= 0.6 is 0 Å². The molecule has 3 rings (SSSR count). The molecular formula is C11H8N4O. The van der Waals surface area contributed by atoms with E-state index in [0.717, 1.165) is 5.69 Å². The Balaban J connectivity index is 2.34. The molecule has 0 atom stereocenters. The lowest BCUT2D eigenvalue weighted by molar-refractivity contribution is 0.894. The standard InChI is InChI=1S/C11H8N4O/c16-11-9-6-14-15(10(9)12-7-13-11)8-4-2-1-3-5-8/h1-7H,(H,12,13,16). The number of aromatic nitrogens is 4. The minimum absolute atomic E-state index is 0.174. The summed E-state index contributed by atoms with van der Waals surface area (Å²) in [6.45, 7) is 0. The Morgan fingerprint density at radius 3 is 2.81 bits per heavy atom. The maximum atomic E-state index is 11.5. The zero-order chi connectivity index (χ0) is 11.0. The molecule has 0 bridgehead atoms. The van der Waals surface area contributed by atoms with Crippen LogP contribution < -0.4 is 5.56 Å². The Labute approximate surface area is 90.4 Å². The van der Waals surface area contributed by atoms with Gasteiger partial charge in [-0.25, -0.2) is 9.67 Å². The van der Waals surface area contributed by atoms with E-state index in [9.17, 15) is 4.79 Å². The molecule has 0 aliphatic rings. The van der Waals surface area contributed by atoms with Crippen molar-refractivity contribution in [2.75, 3.05) is 0 Å². The summed E-state index contributed by atoms with van der Waals surface area (Å²) in [6.07, 6.45) is 2.90. The average molecular weight is 212 g/mol. The molecule has 5 nitrogen and oxygen atoms in total. The number of para-hydroxylation sites is 1. The lowest BCUT2D eigenvalue weighted by Gasteiger charge is -2.00. The number of benzene rings is 1. The van der Waals surface area contributed by atoms with Crippen molar-refractivity contribution >= 4 is 11.0 Å². The molecule has 0 saturated heterocycles. The highest BCUT2D eigenvalue weighted by Gasteiger charge is 2.07. The fourth-order valence-electron chi connectivity index (χ4n) is 1.61. The van der Waals surface area contributed by atoms with Crippen LogP contribution in [0.15, 0.2) is 47.7 Å². The quantitative estimate of drug-likeness (QED) is 0.657. The summed E-state index contributed by atoms with van der Waals surface area (Å²) in [4.78, 5) is 18.1. The van der Waals surface area contributed by atoms with Gasteiger partial charge < -0.3 is 4.98 Å². The SMILES string of the molecule is O=c1[nH]cnc2c1cnn2-c1ccccc1. The Morgan fingerprint density at radius 2 is 2.00 bits per heavy atom. The monoisotopic (exact) mass is 212 g/mol. The number of nitrogens with zero attached hydrogens (tertiary/aromatic N) is 3. The third-order valence-electron chi connectivity index (χ3n) is 2.37. The lowest BCUT2D eigenvalue weighted by Crippen LogP contribution is -2.06. The number of fused-ring (bicyclic) bond motifs is 1. The van der Waals surface area contributed by atoms with Crippen molar-refractivity contribution in [1.82, 2.24) is 19.7 Å². The minimum atomic E-state index is -0.174. The maximum absolute atomic E-state index is 11.5. The van der Waals surface area contributed by atoms with Gasteiger partial charge in [0.25, 0.3) is 5.56 Å². The van der Waals surface area contributed by atoms with Crippen molar-refractivity contribution in [2.45, 2.75) is 0 Å². The number of hydrogen-bond donors (Lipinski definition) is 1. The molecule has 0 spiro atoms. The lowest BCUT2D eigenvalue weighted by atomic mass is 10.3. The van der Waals surface area contributed by atoms with E-state index < -0.39 is 0 Å². The number of rotatable bonds is 1. The van der Waals surface area contributed by atoms with E-state index >= 15 is 0 Å². The van der Waals surface area contributed by atoms with E-state index in [2.05, 4.69) is 15.1 Å². The fourth-order valence-corrected chi connectivity index (χ4v) is 1.61. The van der Waals surface area contributed by atoms with Crippen molar-refractivity contribution in [1.29, 1.82) is 0 Å². The van der Waals surface area contributed by atoms with Crippen molar-refractivity contribution in [3.63, 3.8) is 0 Å². The van der Waals surface area contributed by atoms with E-state index in [0.29, 0.717) is 11.0 Å². The molecule has 1 aromatic carbocycles. The Hall–Kier alpha value is -2.43. The molecule has 0 unspecified atom stereocenters. The highest BCUT2D eigenvalue weighted by molar-refractivity contribution is 5.74. The molecule has 0 radical (unpaired) electrons. The van der Waals surface area contributed by atoms with Gasteiger partial charge in [-0.1, -0.05) is 18.2 Å². The van der Waals surface area contributed by atoms with Crippen LogP contribution in [-0.2, 0) is 0 Å². The predicted octanol–water partition coefficient (Wildman–Crippen LogP) is 1.11. The smallest absolute Gasteiger partial charge is 0.261 e. The van der Waals surface area contributed by atoms with Crippen molar-refractivity contribution < 1.29 is 0 Å². The normalized spacial score (nSPS) is 10.8. The third kappa shape index (κ3) is 1.22. The second kappa shape index (κ2) is 3.30. The first kappa shape index (κ1) is 8.84. The van der Waals surface area contributed by atoms with Crippen LogP contribution in [0.1, 0.15) is 0 Å². The van der Waals surface area contributed by atoms with Gasteiger partial charge in [-0.15, -0.1) is 0 Å². The van der Waals surface area contributed by atoms with Gasteiger partial charge in [-0.05, 0) is 12.1 Å². The number of aromatic amines is 1. The first-order chi connectivity index (χ1) is 7.86. The molecule has 0 aliphatic carbocycles. The average Bonchev–Trinajstić information content (AvgIpc) is 2.75. The van der Waals surface area contributed by atoms with Crippen molar-refractivity contribution in [3.05, 3.63) is 53.2 Å². The van der Waals surface area contributed by atoms with Crippen LogP contribution in [0.3, 0.4) is 0 Å². The molecule has 3 aromatic rings. The zero-order valence-electron chi connectivity index (χ0n) is 8.29. The van der Waals surface area contributed by atoms with Gasteiger partial charge in [-0.2, -0.15) is 5.10 Å². The molecule has 78 valence electrons. The minimum Gasteiger partial charge on any atom is -0.312 e. The van der Waals surface area contributed by atoms with Gasteiger partial charge in [0.05, 0.1) is 18.2 Å². The van der Waals surface area contributed by atoms with Crippen molar-refractivity contribution in [2.24, 2.45) is 0 Å². The maximum Gasteiger partial charge on any atom is 0.261 e. The Bertz CT molecular complexity index is 684. The topological polar surface area (TPSA) is 63.6 Å². The molecule has 2 aromatic heterocycles. The van der Waals surface area contributed by atoms with Gasteiger partial charge in [0, 0.05) is 0 Å². The van der Waals surface area contributed by atoms with Crippen LogP contribution in [0.25, 0.3) is 16.7 Å². The molecule has 0 amide bonds.